The van der Waals surface area contributed by atoms with E-state index in [0.717, 1.165) is 17.3 Å². The second kappa shape index (κ2) is 9.26. The van der Waals surface area contributed by atoms with E-state index in [-0.39, 0.29) is 18.1 Å². The van der Waals surface area contributed by atoms with Crippen molar-refractivity contribution in [3.63, 3.8) is 0 Å². The molecule has 0 spiro atoms. The molecule has 2 aromatic carbocycles. The molecule has 0 radical (unpaired) electrons. The van der Waals surface area contributed by atoms with Crippen LogP contribution >= 0.6 is 24.0 Å². The number of allylic oxidation sites excluding steroid dienone is 2. The van der Waals surface area contributed by atoms with Gasteiger partial charge in [0, 0.05) is 17.8 Å². The van der Waals surface area contributed by atoms with Gasteiger partial charge >= 0.3 is 0 Å². The smallest absolute Gasteiger partial charge is 0.269 e. The Balaban J connectivity index is 1.60. The summed E-state index contributed by atoms with van der Waals surface area (Å²) in [5, 5.41) is 13.3. The molecule has 7 nitrogen and oxygen atoms in total. The van der Waals surface area contributed by atoms with Crippen molar-refractivity contribution in [1.29, 1.82) is 0 Å². The number of rotatable bonds is 6. The van der Waals surface area contributed by atoms with E-state index >= 15 is 0 Å². The first-order valence-electron chi connectivity index (χ1n) is 8.45. The summed E-state index contributed by atoms with van der Waals surface area (Å²) >= 11 is 6.35. The van der Waals surface area contributed by atoms with Gasteiger partial charge in [0.25, 0.3) is 11.6 Å². The molecular formula is C20H15N3O4S2. The van der Waals surface area contributed by atoms with Crippen LogP contribution in [0.25, 0.3) is 6.08 Å². The van der Waals surface area contributed by atoms with Crippen LogP contribution in [0.4, 0.5) is 11.4 Å². The average Bonchev–Trinajstić information content (AvgIpc) is 2.97. The highest BCUT2D eigenvalue weighted by atomic mass is 32.2. The predicted molar refractivity (Wildman–Crippen MR) is 117 cm³/mol. The van der Waals surface area contributed by atoms with Gasteiger partial charge in [0.05, 0.1) is 9.83 Å². The fourth-order valence-electron chi connectivity index (χ4n) is 2.47. The molecule has 0 atom stereocenters. The van der Waals surface area contributed by atoms with Crippen LogP contribution in [-0.2, 0) is 9.59 Å². The molecule has 1 aliphatic heterocycles. The Morgan fingerprint density at radius 3 is 2.52 bits per heavy atom. The number of hydrogen-bond acceptors (Lipinski definition) is 6. The zero-order valence-corrected chi connectivity index (χ0v) is 16.6. The van der Waals surface area contributed by atoms with Crippen LogP contribution in [0.1, 0.15) is 5.56 Å². The van der Waals surface area contributed by atoms with Crippen molar-refractivity contribution < 1.29 is 14.5 Å². The van der Waals surface area contributed by atoms with E-state index in [1.807, 2.05) is 36.4 Å². The Kier molecular flexibility index (Phi) is 6.53. The van der Waals surface area contributed by atoms with Crippen molar-refractivity contribution in [2.24, 2.45) is 0 Å². The number of nitro groups is 1. The van der Waals surface area contributed by atoms with Gasteiger partial charge in [-0.05, 0) is 23.8 Å². The highest BCUT2D eigenvalue weighted by Crippen LogP contribution is 2.31. The lowest BCUT2D eigenvalue weighted by molar-refractivity contribution is -0.384. The summed E-state index contributed by atoms with van der Waals surface area (Å²) in [6.45, 7) is -0.235. The molecule has 1 heterocycles. The predicted octanol–water partition coefficient (Wildman–Crippen LogP) is 3.99. The molecule has 1 fully saturated rings. The highest BCUT2D eigenvalue weighted by molar-refractivity contribution is 8.26. The monoisotopic (exact) mass is 425 g/mol. The first-order valence-corrected chi connectivity index (χ1v) is 9.68. The van der Waals surface area contributed by atoms with E-state index in [4.69, 9.17) is 12.2 Å². The minimum atomic E-state index is -0.524. The van der Waals surface area contributed by atoms with Gasteiger partial charge < -0.3 is 5.32 Å². The van der Waals surface area contributed by atoms with Crippen molar-refractivity contribution >= 4 is 57.6 Å². The summed E-state index contributed by atoms with van der Waals surface area (Å²) in [7, 11) is 0. The molecule has 1 aliphatic rings. The van der Waals surface area contributed by atoms with Gasteiger partial charge in [-0.15, -0.1) is 0 Å². The first kappa shape index (κ1) is 20.4. The Hall–Kier alpha value is -3.30. The number of thiocarbonyl (C=S) groups is 1. The van der Waals surface area contributed by atoms with E-state index in [0.29, 0.717) is 14.9 Å². The van der Waals surface area contributed by atoms with Crippen LogP contribution in [0.3, 0.4) is 0 Å². The van der Waals surface area contributed by atoms with E-state index < -0.39 is 10.8 Å². The van der Waals surface area contributed by atoms with Crippen molar-refractivity contribution in [2.45, 2.75) is 0 Å². The van der Waals surface area contributed by atoms with Crippen LogP contribution in [0.15, 0.2) is 71.7 Å². The van der Waals surface area contributed by atoms with Gasteiger partial charge in [-0.3, -0.25) is 24.6 Å². The molecule has 3 rings (SSSR count). The fraction of sp³-hybridized carbons (Fsp3) is 0.0500. The van der Waals surface area contributed by atoms with E-state index in [1.165, 1.54) is 29.2 Å². The molecule has 1 saturated heterocycles. The van der Waals surface area contributed by atoms with Gasteiger partial charge in [0.15, 0.2) is 0 Å². The molecule has 0 saturated carbocycles. The molecule has 29 heavy (non-hydrogen) atoms. The molecular weight excluding hydrogens is 410 g/mol. The Morgan fingerprint density at radius 2 is 1.86 bits per heavy atom. The summed E-state index contributed by atoms with van der Waals surface area (Å²) in [6.07, 6.45) is 5.30. The summed E-state index contributed by atoms with van der Waals surface area (Å²) in [5.74, 6) is -0.784. The average molecular weight is 425 g/mol. The molecule has 146 valence electrons. The SMILES string of the molecule is O=C(CN1C(=O)C(=CC=Cc2ccccc2)SC1=S)Nc1ccc([N+](=O)[O-])cc1. The van der Waals surface area contributed by atoms with E-state index in [1.54, 1.807) is 12.2 Å². The molecule has 0 bridgehead atoms. The summed E-state index contributed by atoms with van der Waals surface area (Å²) in [6, 6.07) is 15.1. The van der Waals surface area contributed by atoms with Gasteiger partial charge in [0.1, 0.15) is 10.9 Å². The minimum Gasteiger partial charge on any atom is -0.325 e. The fourth-order valence-corrected chi connectivity index (χ4v) is 3.68. The van der Waals surface area contributed by atoms with E-state index in [2.05, 4.69) is 5.32 Å². The zero-order valence-electron chi connectivity index (χ0n) is 15.0. The maximum atomic E-state index is 12.5. The number of thioether (sulfide) groups is 1. The maximum Gasteiger partial charge on any atom is 0.269 e. The lowest BCUT2D eigenvalue weighted by atomic mass is 10.2. The maximum absolute atomic E-state index is 12.5. The summed E-state index contributed by atoms with van der Waals surface area (Å²) in [5.41, 5.74) is 1.32. The van der Waals surface area contributed by atoms with Crippen molar-refractivity contribution in [3.8, 4) is 0 Å². The number of anilines is 1. The minimum absolute atomic E-state index is 0.0753. The summed E-state index contributed by atoms with van der Waals surface area (Å²) < 4.78 is 0.299. The number of carbonyl (C=O) groups excluding carboxylic acids is 2. The number of hydrogen-bond donors (Lipinski definition) is 1. The Labute approximate surface area is 176 Å². The van der Waals surface area contributed by atoms with Crippen LogP contribution < -0.4 is 5.32 Å². The molecule has 9 heteroatoms. The number of amides is 2. The summed E-state index contributed by atoms with van der Waals surface area (Å²) in [4.78, 5) is 36.6. The van der Waals surface area contributed by atoms with Crippen molar-refractivity contribution in [3.05, 3.63) is 87.3 Å². The Bertz CT molecular complexity index is 1020. The number of carbonyl (C=O) groups is 2. The number of nitro benzene ring substituents is 1. The zero-order chi connectivity index (χ0) is 20.8. The van der Waals surface area contributed by atoms with Gasteiger partial charge in [0.2, 0.25) is 5.91 Å². The standard InChI is InChI=1S/C20H15N3O4S2/c24-18(21-15-9-11-16(12-10-15)23(26)27)13-22-19(25)17(29-20(22)28)8-4-7-14-5-2-1-3-6-14/h1-12H,13H2,(H,21,24). The van der Waals surface area contributed by atoms with Gasteiger partial charge in [-0.1, -0.05) is 66.5 Å². The molecule has 1 N–H and O–H groups in total. The molecule has 0 aromatic heterocycles. The van der Waals surface area contributed by atoms with Crippen molar-refractivity contribution in [2.75, 3.05) is 11.9 Å². The van der Waals surface area contributed by atoms with Gasteiger partial charge in [-0.25, -0.2) is 0 Å². The number of nitrogens with zero attached hydrogens (tertiary/aromatic N) is 2. The van der Waals surface area contributed by atoms with Crippen LogP contribution in [-0.4, -0.2) is 32.5 Å². The quantitative estimate of drug-likeness (QED) is 0.326. The normalized spacial score (nSPS) is 15.3. The topological polar surface area (TPSA) is 92.6 Å². The van der Waals surface area contributed by atoms with Gasteiger partial charge in [-0.2, -0.15) is 0 Å². The lowest BCUT2D eigenvalue weighted by Crippen LogP contribution is -2.36. The third-order valence-corrected chi connectivity index (χ3v) is 5.27. The third-order valence-electron chi connectivity index (χ3n) is 3.87. The number of benzene rings is 2. The largest absolute Gasteiger partial charge is 0.325 e. The second-order valence-corrected chi connectivity index (χ2v) is 7.59. The lowest BCUT2D eigenvalue weighted by Gasteiger charge is -2.14. The molecule has 2 aromatic rings. The molecule has 0 aliphatic carbocycles. The van der Waals surface area contributed by atoms with Crippen LogP contribution in [0.2, 0.25) is 0 Å². The second-order valence-electron chi connectivity index (χ2n) is 5.91. The highest BCUT2D eigenvalue weighted by Gasteiger charge is 2.33. The van der Waals surface area contributed by atoms with E-state index in [9.17, 15) is 19.7 Å². The third kappa shape index (κ3) is 5.37. The van der Waals surface area contributed by atoms with Crippen LogP contribution in [0.5, 0.6) is 0 Å². The molecule has 0 unspecified atom stereocenters. The number of nitrogens with one attached hydrogen (secondary N) is 1. The number of non-ortho nitro benzene ring substituents is 1. The molecule has 2 amide bonds. The Morgan fingerprint density at radius 1 is 1.17 bits per heavy atom. The van der Waals surface area contributed by atoms with Crippen molar-refractivity contribution in [1.82, 2.24) is 4.90 Å². The first-order chi connectivity index (χ1) is 13.9. The van der Waals surface area contributed by atoms with Crippen LogP contribution in [0, 0.1) is 10.1 Å².